The average molecular weight is 172 g/mol. The second-order valence-corrected chi connectivity index (χ2v) is 2.74. The molecule has 1 heterocycles. The second-order valence-electron chi connectivity index (χ2n) is 2.74. The van der Waals surface area contributed by atoms with Gasteiger partial charge in [0.25, 0.3) is 0 Å². The van der Waals surface area contributed by atoms with E-state index < -0.39 is 0 Å². The van der Waals surface area contributed by atoms with E-state index in [9.17, 15) is 4.79 Å². The highest BCUT2D eigenvalue weighted by atomic mass is 16.1. The minimum absolute atomic E-state index is 0.0289. The Hall–Kier alpha value is -1.77. The molecular formula is C10H8N2O. The summed E-state index contributed by atoms with van der Waals surface area (Å²) in [5, 5.41) is 7.54. The fraction of sp³-hybridized carbons (Fsp3) is 0.100. The molecule has 1 aromatic rings. The average Bonchev–Trinajstić information content (AvgIpc) is 2.20. The monoisotopic (exact) mass is 172 g/mol. The van der Waals surface area contributed by atoms with E-state index in [2.05, 4.69) is 10.2 Å². The Morgan fingerprint density at radius 2 is 1.92 bits per heavy atom. The number of hydrogen-bond donors (Lipinski definition) is 0. The molecule has 64 valence electrons. The molecule has 13 heavy (non-hydrogen) atoms. The first kappa shape index (κ1) is 7.86. The maximum absolute atomic E-state index is 11.4. The van der Waals surface area contributed by atoms with Gasteiger partial charge in [-0.15, -0.1) is 5.10 Å². The van der Waals surface area contributed by atoms with Crippen LogP contribution in [0.4, 0.5) is 0 Å². The summed E-state index contributed by atoms with van der Waals surface area (Å²) in [6.07, 6.45) is 1.88. The normalized spacial score (nSPS) is 15.7. The summed E-state index contributed by atoms with van der Waals surface area (Å²) in [5.41, 5.74) is 1.30. The Labute approximate surface area is 75.8 Å². The first-order chi connectivity index (χ1) is 6.38. The summed E-state index contributed by atoms with van der Waals surface area (Å²) < 4.78 is 0. The zero-order valence-corrected chi connectivity index (χ0v) is 6.97. The van der Waals surface area contributed by atoms with Gasteiger partial charge in [-0.1, -0.05) is 30.3 Å². The molecule has 1 aromatic carbocycles. The van der Waals surface area contributed by atoms with Crippen molar-refractivity contribution in [2.24, 2.45) is 10.2 Å². The number of carbonyl (C=O) groups excluding carboxylic acids is 1. The maximum Gasteiger partial charge on any atom is 0.189 e. The van der Waals surface area contributed by atoms with Gasteiger partial charge in [0.2, 0.25) is 0 Å². The lowest BCUT2D eigenvalue weighted by Crippen LogP contribution is -2.17. The quantitative estimate of drug-likeness (QED) is 0.631. The van der Waals surface area contributed by atoms with Gasteiger partial charge in [-0.3, -0.25) is 4.79 Å². The molecule has 0 N–H and O–H groups in total. The van der Waals surface area contributed by atoms with Gasteiger partial charge in [0.15, 0.2) is 5.78 Å². The number of hydrogen-bond acceptors (Lipinski definition) is 3. The summed E-state index contributed by atoms with van der Waals surface area (Å²) >= 11 is 0. The summed E-state index contributed by atoms with van der Waals surface area (Å²) in [5.74, 6) is 0.0289. The third-order valence-corrected chi connectivity index (χ3v) is 1.83. The van der Waals surface area contributed by atoms with E-state index in [0.29, 0.717) is 12.1 Å². The van der Waals surface area contributed by atoms with Gasteiger partial charge in [0.05, 0.1) is 0 Å². The molecule has 0 saturated carbocycles. The summed E-state index contributed by atoms with van der Waals surface area (Å²) in [4.78, 5) is 11.4. The van der Waals surface area contributed by atoms with Gasteiger partial charge >= 0.3 is 0 Å². The summed E-state index contributed by atoms with van der Waals surface area (Å²) in [7, 11) is 0. The van der Waals surface area contributed by atoms with Crippen LogP contribution in [0.25, 0.3) is 0 Å². The largest absolute Gasteiger partial charge is 0.292 e. The molecule has 0 saturated heterocycles. The first-order valence-electron chi connectivity index (χ1n) is 4.06. The molecule has 1 aliphatic rings. The van der Waals surface area contributed by atoms with Gasteiger partial charge in [-0.25, -0.2) is 0 Å². The molecule has 3 heteroatoms. The van der Waals surface area contributed by atoms with Crippen LogP contribution in [0.1, 0.15) is 12.0 Å². The van der Waals surface area contributed by atoms with Gasteiger partial charge in [0.1, 0.15) is 5.71 Å². The van der Waals surface area contributed by atoms with Crippen LogP contribution < -0.4 is 0 Å². The smallest absolute Gasteiger partial charge is 0.189 e. The standard InChI is InChI=1S/C10H8N2O/c13-9-6-7-11-12-10(9)8-4-2-1-3-5-8/h1-5,7H,6H2. The molecule has 2 rings (SSSR count). The van der Waals surface area contributed by atoms with Gasteiger partial charge in [-0.2, -0.15) is 5.10 Å². The molecule has 0 fully saturated rings. The predicted octanol–water partition coefficient (Wildman–Crippen LogP) is 1.43. The Bertz CT molecular complexity index is 379. The Morgan fingerprint density at radius 3 is 2.62 bits per heavy atom. The maximum atomic E-state index is 11.4. The van der Waals surface area contributed by atoms with Crippen LogP contribution in [0.15, 0.2) is 40.5 Å². The summed E-state index contributed by atoms with van der Waals surface area (Å²) in [6.45, 7) is 0. The van der Waals surface area contributed by atoms with E-state index >= 15 is 0 Å². The lowest BCUT2D eigenvalue weighted by Gasteiger charge is -2.04. The third kappa shape index (κ3) is 1.54. The van der Waals surface area contributed by atoms with Gasteiger partial charge in [0, 0.05) is 18.2 Å². The summed E-state index contributed by atoms with van der Waals surface area (Å²) in [6, 6.07) is 9.38. The Morgan fingerprint density at radius 1 is 1.15 bits per heavy atom. The van der Waals surface area contributed by atoms with E-state index in [1.165, 1.54) is 6.21 Å². The van der Waals surface area contributed by atoms with Crippen molar-refractivity contribution in [2.45, 2.75) is 6.42 Å². The fourth-order valence-electron chi connectivity index (χ4n) is 1.19. The third-order valence-electron chi connectivity index (χ3n) is 1.83. The fourth-order valence-corrected chi connectivity index (χ4v) is 1.19. The molecule has 3 nitrogen and oxygen atoms in total. The van der Waals surface area contributed by atoms with Crippen molar-refractivity contribution < 1.29 is 4.79 Å². The minimum Gasteiger partial charge on any atom is -0.292 e. The Balaban J connectivity index is 2.41. The van der Waals surface area contributed by atoms with Crippen molar-refractivity contribution >= 4 is 17.7 Å². The topological polar surface area (TPSA) is 41.8 Å². The lowest BCUT2D eigenvalue weighted by molar-refractivity contribution is -0.111. The predicted molar refractivity (Wildman–Crippen MR) is 51.1 cm³/mol. The zero-order valence-electron chi connectivity index (χ0n) is 6.97. The highest BCUT2D eigenvalue weighted by Gasteiger charge is 2.14. The molecule has 0 aliphatic carbocycles. The highest BCUT2D eigenvalue weighted by Crippen LogP contribution is 2.06. The number of ketones is 1. The van der Waals surface area contributed by atoms with E-state index in [1.807, 2.05) is 30.3 Å². The highest BCUT2D eigenvalue weighted by molar-refractivity contribution is 6.48. The Kier molecular flexibility index (Phi) is 2.00. The molecule has 0 bridgehead atoms. The van der Waals surface area contributed by atoms with E-state index in [0.717, 1.165) is 5.56 Å². The minimum atomic E-state index is 0.0289. The molecule has 1 aliphatic heterocycles. The SMILES string of the molecule is O=C1CC=NN=C1c1ccccc1. The molecule has 0 amide bonds. The van der Waals surface area contributed by atoms with Crippen LogP contribution >= 0.6 is 0 Å². The molecule has 0 atom stereocenters. The number of rotatable bonds is 1. The van der Waals surface area contributed by atoms with Crippen molar-refractivity contribution in [1.82, 2.24) is 0 Å². The first-order valence-corrected chi connectivity index (χ1v) is 4.06. The number of nitrogens with zero attached hydrogens (tertiary/aromatic N) is 2. The number of carbonyl (C=O) groups is 1. The molecule has 0 radical (unpaired) electrons. The van der Waals surface area contributed by atoms with Crippen LogP contribution in [0.5, 0.6) is 0 Å². The molecule has 0 aromatic heterocycles. The molecule has 0 spiro atoms. The van der Waals surface area contributed by atoms with Crippen molar-refractivity contribution in [1.29, 1.82) is 0 Å². The van der Waals surface area contributed by atoms with Crippen molar-refractivity contribution in [3.63, 3.8) is 0 Å². The van der Waals surface area contributed by atoms with Crippen LogP contribution in [0.2, 0.25) is 0 Å². The van der Waals surface area contributed by atoms with Crippen LogP contribution in [-0.2, 0) is 4.79 Å². The number of benzene rings is 1. The molecule has 0 unspecified atom stereocenters. The van der Waals surface area contributed by atoms with E-state index in [1.54, 1.807) is 0 Å². The van der Waals surface area contributed by atoms with Gasteiger partial charge < -0.3 is 0 Å². The van der Waals surface area contributed by atoms with Gasteiger partial charge in [-0.05, 0) is 0 Å². The van der Waals surface area contributed by atoms with Crippen molar-refractivity contribution in [3.8, 4) is 0 Å². The van der Waals surface area contributed by atoms with E-state index in [4.69, 9.17) is 0 Å². The van der Waals surface area contributed by atoms with Crippen LogP contribution in [0.3, 0.4) is 0 Å². The zero-order chi connectivity index (χ0) is 9.10. The van der Waals surface area contributed by atoms with Crippen molar-refractivity contribution in [3.05, 3.63) is 35.9 Å². The van der Waals surface area contributed by atoms with Crippen LogP contribution in [-0.4, -0.2) is 17.7 Å². The second kappa shape index (κ2) is 3.31. The van der Waals surface area contributed by atoms with Crippen molar-refractivity contribution in [2.75, 3.05) is 0 Å². The number of Topliss-reactive ketones (excluding diaryl/α,β-unsaturated/α-hetero) is 1. The lowest BCUT2D eigenvalue weighted by atomic mass is 10.0. The van der Waals surface area contributed by atoms with Crippen LogP contribution in [0, 0.1) is 0 Å². The molecular weight excluding hydrogens is 164 g/mol. The van der Waals surface area contributed by atoms with E-state index in [-0.39, 0.29) is 5.78 Å².